The highest BCUT2D eigenvalue weighted by Crippen LogP contribution is 2.49. The van der Waals surface area contributed by atoms with Crippen molar-refractivity contribution in [1.82, 2.24) is 4.90 Å². The number of carboxylic acid groups (broad SMARTS) is 1. The molecule has 1 heterocycles. The fourth-order valence-corrected chi connectivity index (χ4v) is 3.77. The van der Waals surface area contributed by atoms with Gasteiger partial charge in [0.15, 0.2) is 0 Å². The van der Waals surface area contributed by atoms with Crippen molar-refractivity contribution in [2.45, 2.75) is 24.8 Å². The molecule has 0 saturated heterocycles. The summed E-state index contributed by atoms with van der Waals surface area (Å²) < 4.78 is 13.0. The molecule has 0 aromatic heterocycles. The quantitative estimate of drug-likeness (QED) is 0.935. The van der Waals surface area contributed by atoms with Crippen molar-refractivity contribution in [3.63, 3.8) is 0 Å². The number of hydrogen-bond acceptors (Lipinski definition) is 2. The monoisotopic (exact) mass is 339 g/mol. The van der Waals surface area contributed by atoms with E-state index in [4.69, 9.17) is 0 Å². The Hall–Kier alpha value is -2.69. The minimum Gasteiger partial charge on any atom is -0.481 e. The van der Waals surface area contributed by atoms with E-state index in [1.165, 1.54) is 12.1 Å². The highest BCUT2D eigenvalue weighted by Gasteiger charge is 2.47. The Morgan fingerprint density at radius 1 is 1.08 bits per heavy atom. The number of nitrogens with zero attached hydrogens (tertiary/aromatic N) is 1. The summed E-state index contributed by atoms with van der Waals surface area (Å²) in [6, 6.07) is 13.7. The van der Waals surface area contributed by atoms with Gasteiger partial charge in [-0.3, -0.25) is 9.59 Å². The third-order valence-electron chi connectivity index (χ3n) is 5.21. The molecule has 1 fully saturated rings. The molecule has 1 amide bonds. The van der Waals surface area contributed by atoms with E-state index in [0.29, 0.717) is 6.54 Å². The summed E-state index contributed by atoms with van der Waals surface area (Å²) in [4.78, 5) is 26.1. The highest BCUT2D eigenvalue weighted by molar-refractivity contribution is 5.85. The van der Waals surface area contributed by atoms with Gasteiger partial charge < -0.3 is 10.0 Å². The van der Waals surface area contributed by atoms with Gasteiger partial charge in [-0.1, -0.05) is 36.4 Å². The lowest BCUT2D eigenvalue weighted by Gasteiger charge is -2.33. The van der Waals surface area contributed by atoms with Crippen molar-refractivity contribution in [2.75, 3.05) is 6.54 Å². The maximum absolute atomic E-state index is 13.0. The second-order valence-corrected chi connectivity index (χ2v) is 6.81. The van der Waals surface area contributed by atoms with Crippen molar-refractivity contribution < 1.29 is 19.1 Å². The molecule has 4 nitrogen and oxygen atoms in total. The molecular formula is C20H18FNO3. The predicted molar refractivity (Wildman–Crippen MR) is 89.5 cm³/mol. The van der Waals surface area contributed by atoms with Gasteiger partial charge in [0, 0.05) is 19.0 Å². The van der Waals surface area contributed by atoms with E-state index in [0.717, 1.165) is 23.1 Å². The number of carboxylic acids is 1. The van der Waals surface area contributed by atoms with Crippen molar-refractivity contribution in [2.24, 2.45) is 5.92 Å². The van der Waals surface area contributed by atoms with Crippen LogP contribution in [-0.2, 0) is 16.1 Å². The van der Waals surface area contributed by atoms with Crippen LogP contribution in [0.5, 0.6) is 0 Å². The normalized spacial score (nSPS) is 24.5. The van der Waals surface area contributed by atoms with Crippen molar-refractivity contribution in [1.29, 1.82) is 0 Å². The Morgan fingerprint density at radius 2 is 1.80 bits per heavy atom. The van der Waals surface area contributed by atoms with Crippen LogP contribution in [0.25, 0.3) is 0 Å². The molecule has 2 aromatic rings. The van der Waals surface area contributed by atoms with Gasteiger partial charge in [-0.25, -0.2) is 4.39 Å². The SMILES string of the molecule is O=C(O)C1CN(C(=O)C2CC2c2ccc(F)cc2)Cc2ccccc21. The number of aliphatic carboxylic acids is 1. The molecule has 128 valence electrons. The topological polar surface area (TPSA) is 57.6 Å². The maximum atomic E-state index is 13.0. The number of fused-ring (bicyclic) bond motifs is 1. The summed E-state index contributed by atoms with van der Waals surface area (Å²) in [5, 5.41) is 9.52. The number of carbonyl (C=O) groups excluding carboxylic acids is 1. The first-order valence-corrected chi connectivity index (χ1v) is 8.39. The first-order chi connectivity index (χ1) is 12.0. The number of amides is 1. The Bertz CT molecular complexity index is 833. The van der Waals surface area contributed by atoms with E-state index in [1.807, 2.05) is 24.3 Å². The van der Waals surface area contributed by atoms with Crippen LogP contribution in [0.2, 0.25) is 0 Å². The maximum Gasteiger partial charge on any atom is 0.312 e. The zero-order valence-electron chi connectivity index (χ0n) is 13.6. The van der Waals surface area contributed by atoms with Crippen molar-refractivity contribution >= 4 is 11.9 Å². The third kappa shape index (κ3) is 2.90. The molecule has 2 aromatic carbocycles. The van der Waals surface area contributed by atoms with Crippen LogP contribution < -0.4 is 0 Å². The lowest BCUT2D eigenvalue weighted by molar-refractivity contribution is -0.141. The summed E-state index contributed by atoms with van der Waals surface area (Å²) in [6.45, 7) is 0.656. The van der Waals surface area contributed by atoms with Gasteiger partial charge in [-0.2, -0.15) is 0 Å². The molecule has 2 aliphatic rings. The molecule has 3 unspecified atom stereocenters. The van der Waals surface area contributed by atoms with Crippen LogP contribution in [0.1, 0.15) is 34.9 Å². The summed E-state index contributed by atoms with van der Waals surface area (Å²) in [6.07, 6.45) is 0.736. The number of rotatable bonds is 3. The van der Waals surface area contributed by atoms with E-state index in [-0.39, 0.29) is 30.1 Å². The Kier molecular flexibility index (Phi) is 3.79. The molecule has 0 radical (unpaired) electrons. The minimum atomic E-state index is -0.907. The molecule has 25 heavy (non-hydrogen) atoms. The van der Waals surface area contributed by atoms with Crippen LogP contribution in [0, 0.1) is 11.7 Å². The zero-order chi connectivity index (χ0) is 17.6. The van der Waals surface area contributed by atoms with Gasteiger partial charge in [-0.15, -0.1) is 0 Å². The smallest absolute Gasteiger partial charge is 0.312 e. The Morgan fingerprint density at radius 3 is 2.52 bits per heavy atom. The first-order valence-electron chi connectivity index (χ1n) is 8.39. The largest absolute Gasteiger partial charge is 0.481 e. The first kappa shape index (κ1) is 15.8. The standard InChI is InChI=1S/C20H18FNO3/c21-14-7-5-12(6-8-14)16-9-17(16)19(23)22-10-13-3-1-2-4-15(13)18(11-22)20(24)25/h1-8,16-18H,9-11H2,(H,24,25). The summed E-state index contributed by atoms with van der Waals surface area (Å²) in [5.74, 6) is -1.91. The highest BCUT2D eigenvalue weighted by atomic mass is 19.1. The zero-order valence-corrected chi connectivity index (χ0v) is 13.6. The van der Waals surface area contributed by atoms with E-state index >= 15 is 0 Å². The molecule has 1 aliphatic carbocycles. The summed E-state index contributed by atoms with van der Waals surface area (Å²) in [5.41, 5.74) is 2.66. The van der Waals surface area contributed by atoms with Gasteiger partial charge in [-0.05, 0) is 41.2 Å². The van der Waals surface area contributed by atoms with E-state index in [1.54, 1.807) is 17.0 Å². The molecule has 5 heteroatoms. The van der Waals surface area contributed by atoms with Gasteiger partial charge in [0.05, 0.1) is 5.92 Å². The van der Waals surface area contributed by atoms with Gasteiger partial charge >= 0.3 is 5.97 Å². The average molecular weight is 339 g/mol. The Labute approximate surface area is 144 Å². The molecule has 0 bridgehead atoms. The Balaban J connectivity index is 1.52. The van der Waals surface area contributed by atoms with Crippen LogP contribution in [0.15, 0.2) is 48.5 Å². The summed E-state index contributed by atoms with van der Waals surface area (Å²) in [7, 11) is 0. The molecule has 1 aliphatic heterocycles. The second kappa shape index (κ2) is 5.99. The number of halogens is 1. The van der Waals surface area contributed by atoms with Gasteiger partial charge in [0.1, 0.15) is 5.82 Å². The van der Waals surface area contributed by atoms with Crippen LogP contribution in [0.4, 0.5) is 4.39 Å². The lowest BCUT2D eigenvalue weighted by Crippen LogP contribution is -2.41. The van der Waals surface area contributed by atoms with Crippen LogP contribution in [0.3, 0.4) is 0 Å². The molecule has 3 atom stereocenters. The second-order valence-electron chi connectivity index (χ2n) is 6.81. The van der Waals surface area contributed by atoms with Gasteiger partial charge in [0.2, 0.25) is 5.91 Å². The van der Waals surface area contributed by atoms with Crippen LogP contribution in [-0.4, -0.2) is 28.4 Å². The minimum absolute atomic E-state index is 0.00456. The third-order valence-corrected chi connectivity index (χ3v) is 5.21. The molecule has 1 N–H and O–H groups in total. The molecular weight excluding hydrogens is 321 g/mol. The van der Waals surface area contributed by atoms with E-state index < -0.39 is 11.9 Å². The van der Waals surface area contributed by atoms with E-state index in [2.05, 4.69) is 0 Å². The average Bonchev–Trinajstić information content (AvgIpc) is 3.41. The van der Waals surface area contributed by atoms with E-state index in [9.17, 15) is 19.1 Å². The summed E-state index contributed by atoms with van der Waals surface area (Å²) >= 11 is 0. The fourth-order valence-electron chi connectivity index (χ4n) is 3.77. The number of benzene rings is 2. The van der Waals surface area contributed by atoms with Gasteiger partial charge in [0.25, 0.3) is 0 Å². The van der Waals surface area contributed by atoms with Crippen molar-refractivity contribution in [3.05, 3.63) is 71.0 Å². The number of carbonyl (C=O) groups is 2. The predicted octanol–water partition coefficient (Wildman–Crippen LogP) is 3.14. The lowest BCUT2D eigenvalue weighted by atomic mass is 9.89. The molecule has 0 spiro atoms. The van der Waals surface area contributed by atoms with Crippen molar-refractivity contribution in [3.8, 4) is 0 Å². The molecule has 1 saturated carbocycles. The van der Waals surface area contributed by atoms with Crippen LogP contribution >= 0.6 is 0 Å². The fraction of sp³-hybridized carbons (Fsp3) is 0.300. The number of hydrogen-bond donors (Lipinski definition) is 1. The molecule has 4 rings (SSSR count).